The molecule has 1 aliphatic heterocycles. The minimum absolute atomic E-state index is 0.580. The maximum Gasteiger partial charge on any atom is 0.106 e. The second-order valence-electron chi connectivity index (χ2n) is 7.43. The number of aromatic nitrogens is 1. The lowest BCUT2D eigenvalue weighted by Gasteiger charge is -2.20. The second-order valence-corrected chi connectivity index (χ2v) is 8.32. The van der Waals surface area contributed by atoms with Crippen LogP contribution in [0.15, 0.2) is 28.7 Å². The monoisotopic (exact) mass is 398 g/mol. The van der Waals surface area contributed by atoms with Crippen molar-refractivity contribution in [2.45, 2.75) is 58.3 Å². The topological polar surface area (TPSA) is 81.4 Å². The summed E-state index contributed by atoms with van der Waals surface area (Å²) in [6.45, 7) is 6.26. The summed E-state index contributed by atoms with van der Waals surface area (Å²) in [5, 5.41) is 26.4. The average molecular weight is 399 g/mol. The molecular formula is C22H30N4OS. The van der Waals surface area contributed by atoms with Crippen LogP contribution in [-0.2, 0) is 6.42 Å². The maximum absolute atomic E-state index is 8.84. The van der Waals surface area contributed by atoms with E-state index in [-0.39, 0.29) is 0 Å². The van der Waals surface area contributed by atoms with Crippen LogP contribution in [0.3, 0.4) is 0 Å². The van der Waals surface area contributed by atoms with Crippen molar-refractivity contribution in [3.63, 3.8) is 0 Å². The number of oxime groups is 1. The van der Waals surface area contributed by atoms with Gasteiger partial charge in [-0.1, -0.05) is 30.3 Å². The largest absolute Gasteiger partial charge is 0.411 e. The Labute approximate surface area is 171 Å². The normalized spacial score (nSPS) is 17.6. The van der Waals surface area contributed by atoms with Crippen LogP contribution in [0.5, 0.6) is 0 Å². The second kappa shape index (κ2) is 9.94. The molecule has 3 N–H and O–H groups in total. The molecule has 1 aromatic heterocycles. The van der Waals surface area contributed by atoms with E-state index in [1.807, 2.05) is 18.4 Å². The molecule has 0 saturated carbocycles. The fraction of sp³-hybridized carbons (Fsp3) is 0.500. The Morgan fingerprint density at radius 3 is 2.79 bits per heavy atom. The zero-order valence-electron chi connectivity index (χ0n) is 16.8. The number of nitrogens with one attached hydrogen (secondary N) is 2. The first-order chi connectivity index (χ1) is 13.6. The Balaban J connectivity index is 0.000000167. The molecule has 1 aliphatic carbocycles. The van der Waals surface area contributed by atoms with E-state index in [9.17, 15) is 0 Å². The molecule has 1 aromatic carbocycles. The third-order valence-electron chi connectivity index (χ3n) is 5.55. The summed E-state index contributed by atoms with van der Waals surface area (Å²) in [5.74, 6) is 0.580. The average Bonchev–Trinajstić information content (AvgIpc) is 3.21. The Kier molecular flexibility index (Phi) is 7.34. The number of fused-ring (bicyclic) bond motifs is 1. The first-order valence-corrected chi connectivity index (χ1v) is 11.1. The molecule has 6 heteroatoms. The van der Waals surface area contributed by atoms with Crippen LogP contribution in [-0.4, -0.2) is 34.7 Å². The molecule has 150 valence electrons. The van der Waals surface area contributed by atoms with E-state index in [1.54, 1.807) is 11.3 Å². The van der Waals surface area contributed by atoms with E-state index < -0.39 is 0 Å². The van der Waals surface area contributed by atoms with Gasteiger partial charge in [-0.25, -0.2) is 4.98 Å². The van der Waals surface area contributed by atoms with Gasteiger partial charge >= 0.3 is 0 Å². The lowest BCUT2D eigenvalue weighted by molar-refractivity contribution is 0.318. The van der Waals surface area contributed by atoms with E-state index in [0.29, 0.717) is 18.1 Å². The Morgan fingerprint density at radius 1 is 1.32 bits per heavy atom. The summed E-state index contributed by atoms with van der Waals surface area (Å²) in [6.07, 6.45) is 6.29. The standard InChI is InChI=1S/C11H17N3OS.C11H13N/c1-2-9(14-15)10-7-16-11(13-10)8-3-5-12-6-4-8;1-8-4-2-6-10-9(8)5-3-7-11(10)12/h7-8,12,15H,2-6H2,1H3;2,4,6,12H,3,5,7H2,1H3/b14-9+;. The lowest BCUT2D eigenvalue weighted by atomic mass is 9.87. The van der Waals surface area contributed by atoms with E-state index in [1.165, 1.54) is 21.7 Å². The van der Waals surface area contributed by atoms with Crippen LogP contribution < -0.4 is 5.32 Å². The maximum atomic E-state index is 8.84. The molecule has 1 fully saturated rings. The van der Waals surface area contributed by atoms with E-state index in [0.717, 1.165) is 56.6 Å². The van der Waals surface area contributed by atoms with Crippen molar-refractivity contribution in [2.75, 3.05) is 13.1 Å². The SMILES string of the molecule is CC/C(=N\O)c1csc(C2CCNCC2)n1.Cc1cccc2c1CCCC2=N. The van der Waals surface area contributed by atoms with Crippen molar-refractivity contribution in [2.24, 2.45) is 5.16 Å². The molecule has 2 aromatic rings. The summed E-state index contributed by atoms with van der Waals surface area (Å²) in [4.78, 5) is 4.58. The van der Waals surface area contributed by atoms with Gasteiger partial charge in [0.05, 0.1) is 10.7 Å². The zero-order valence-corrected chi connectivity index (χ0v) is 17.6. The van der Waals surface area contributed by atoms with Crippen LogP contribution >= 0.6 is 11.3 Å². The highest BCUT2D eigenvalue weighted by atomic mass is 32.1. The molecule has 0 unspecified atom stereocenters. The molecule has 0 spiro atoms. The fourth-order valence-electron chi connectivity index (χ4n) is 3.87. The molecule has 28 heavy (non-hydrogen) atoms. The number of thiazole rings is 1. The summed E-state index contributed by atoms with van der Waals surface area (Å²) < 4.78 is 0. The van der Waals surface area contributed by atoms with Gasteiger partial charge in [0.2, 0.25) is 0 Å². The summed E-state index contributed by atoms with van der Waals surface area (Å²) in [5.41, 5.74) is 6.26. The van der Waals surface area contributed by atoms with E-state index >= 15 is 0 Å². The predicted molar refractivity (Wildman–Crippen MR) is 117 cm³/mol. The van der Waals surface area contributed by atoms with Gasteiger partial charge in [-0.05, 0) is 75.2 Å². The molecule has 0 radical (unpaired) electrons. The minimum atomic E-state index is 0.580. The molecule has 0 bridgehead atoms. The third-order valence-corrected chi connectivity index (χ3v) is 6.56. The number of aryl methyl sites for hydroxylation is 1. The predicted octanol–water partition coefficient (Wildman–Crippen LogP) is 4.90. The molecule has 4 rings (SSSR count). The van der Waals surface area contributed by atoms with Crippen molar-refractivity contribution in [1.29, 1.82) is 5.41 Å². The zero-order chi connectivity index (χ0) is 19.9. The number of hydrogen-bond acceptors (Lipinski definition) is 6. The summed E-state index contributed by atoms with van der Waals surface area (Å²) in [6, 6.07) is 6.26. The van der Waals surface area contributed by atoms with Crippen molar-refractivity contribution >= 4 is 22.8 Å². The molecule has 5 nitrogen and oxygen atoms in total. The lowest BCUT2D eigenvalue weighted by Crippen LogP contribution is -2.26. The number of piperidine rings is 1. The summed E-state index contributed by atoms with van der Waals surface area (Å²) >= 11 is 1.68. The van der Waals surface area contributed by atoms with Gasteiger partial charge in [-0.3, -0.25) is 0 Å². The number of rotatable bonds is 3. The smallest absolute Gasteiger partial charge is 0.106 e. The van der Waals surface area contributed by atoms with Gasteiger partial charge in [0.25, 0.3) is 0 Å². The van der Waals surface area contributed by atoms with Crippen LogP contribution in [0.1, 0.15) is 72.3 Å². The Hall–Kier alpha value is -2.05. The fourth-order valence-corrected chi connectivity index (χ4v) is 4.87. The quantitative estimate of drug-likeness (QED) is 0.391. The van der Waals surface area contributed by atoms with Gasteiger partial charge in [-0.15, -0.1) is 11.3 Å². The van der Waals surface area contributed by atoms with Crippen molar-refractivity contribution in [1.82, 2.24) is 10.3 Å². The summed E-state index contributed by atoms with van der Waals surface area (Å²) in [7, 11) is 0. The number of benzene rings is 1. The molecular weight excluding hydrogens is 368 g/mol. The van der Waals surface area contributed by atoms with Crippen molar-refractivity contribution in [3.8, 4) is 0 Å². The van der Waals surface area contributed by atoms with Gasteiger partial charge < -0.3 is 15.9 Å². The highest BCUT2D eigenvalue weighted by molar-refractivity contribution is 7.09. The van der Waals surface area contributed by atoms with Crippen LogP contribution in [0.4, 0.5) is 0 Å². The Bertz CT molecular complexity index is 837. The van der Waals surface area contributed by atoms with Crippen molar-refractivity contribution in [3.05, 3.63) is 51.0 Å². The Morgan fingerprint density at radius 2 is 2.11 bits per heavy atom. The minimum Gasteiger partial charge on any atom is -0.411 e. The molecule has 2 aliphatic rings. The molecule has 2 heterocycles. The third kappa shape index (κ3) is 4.86. The van der Waals surface area contributed by atoms with Crippen LogP contribution in [0.2, 0.25) is 0 Å². The first-order valence-electron chi connectivity index (χ1n) is 10.2. The highest BCUT2D eigenvalue weighted by Gasteiger charge is 2.19. The van der Waals surface area contributed by atoms with Gasteiger partial charge in [0.1, 0.15) is 5.71 Å². The van der Waals surface area contributed by atoms with Crippen LogP contribution in [0.25, 0.3) is 0 Å². The highest BCUT2D eigenvalue weighted by Crippen LogP contribution is 2.28. The van der Waals surface area contributed by atoms with Gasteiger partial charge in [0.15, 0.2) is 0 Å². The van der Waals surface area contributed by atoms with Crippen LogP contribution in [0, 0.1) is 12.3 Å². The van der Waals surface area contributed by atoms with E-state index in [2.05, 4.69) is 34.5 Å². The molecule has 0 amide bonds. The first kappa shape index (κ1) is 20.7. The molecule has 0 atom stereocenters. The van der Waals surface area contributed by atoms with Gasteiger partial charge in [-0.2, -0.15) is 0 Å². The van der Waals surface area contributed by atoms with Gasteiger partial charge in [0, 0.05) is 17.0 Å². The number of hydrogen-bond donors (Lipinski definition) is 3. The van der Waals surface area contributed by atoms with E-state index in [4.69, 9.17) is 10.6 Å². The number of nitrogens with zero attached hydrogens (tertiary/aromatic N) is 2. The van der Waals surface area contributed by atoms with Crippen molar-refractivity contribution < 1.29 is 5.21 Å². The molecule has 1 saturated heterocycles.